The fraction of sp³-hybridized carbons (Fsp3) is 0.667. The predicted molar refractivity (Wildman–Crippen MR) is 86.7 cm³/mol. The Morgan fingerprint density at radius 2 is 2.32 bits per heavy atom. The van der Waals surface area contributed by atoms with Gasteiger partial charge in [-0.2, -0.15) is 0 Å². The maximum atomic E-state index is 9.62. The highest BCUT2D eigenvalue weighted by Crippen LogP contribution is 2.10. The summed E-state index contributed by atoms with van der Waals surface area (Å²) in [7, 11) is 0. The molecule has 0 saturated carbocycles. The number of rotatable bonds is 6. The highest BCUT2D eigenvalue weighted by molar-refractivity contribution is 5.80. The van der Waals surface area contributed by atoms with E-state index in [1.54, 1.807) is 6.33 Å². The Morgan fingerprint density at radius 1 is 1.55 bits per heavy atom. The van der Waals surface area contributed by atoms with Crippen LogP contribution in [-0.4, -0.2) is 63.0 Å². The molecule has 1 aliphatic heterocycles. The van der Waals surface area contributed by atoms with Gasteiger partial charge in [-0.05, 0) is 12.8 Å². The van der Waals surface area contributed by atoms with Gasteiger partial charge in [0.1, 0.15) is 12.2 Å². The third-order valence-corrected chi connectivity index (χ3v) is 3.78. The second-order valence-electron chi connectivity index (χ2n) is 5.39. The molecule has 0 amide bonds. The van der Waals surface area contributed by atoms with Crippen LogP contribution in [0, 0.1) is 0 Å². The van der Waals surface area contributed by atoms with Gasteiger partial charge in [0.2, 0.25) is 0 Å². The molecule has 7 nitrogen and oxygen atoms in total. The highest BCUT2D eigenvalue weighted by atomic mass is 16.3. The first-order valence-corrected chi connectivity index (χ1v) is 7.93. The van der Waals surface area contributed by atoms with Gasteiger partial charge in [-0.15, -0.1) is 16.8 Å². The molecule has 0 aliphatic carbocycles. The highest BCUT2D eigenvalue weighted by Gasteiger charge is 2.19. The lowest BCUT2D eigenvalue weighted by Crippen LogP contribution is -2.46. The fourth-order valence-corrected chi connectivity index (χ4v) is 2.51. The molecule has 1 aromatic heterocycles. The summed E-state index contributed by atoms with van der Waals surface area (Å²) in [5.41, 5.74) is 0. The van der Waals surface area contributed by atoms with Crippen LogP contribution in [0.25, 0.3) is 0 Å². The van der Waals surface area contributed by atoms with E-state index >= 15 is 0 Å². The number of aliphatic imine (C=N–C) groups is 1. The van der Waals surface area contributed by atoms with E-state index in [2.05, 4.69) is 38.9 Å². The number of nitrogens with one attached hydrogen (secondary N) is 1. The van der Waals surface area contributed by atoms with Crippen LogP contribution >= 0.6 is 0 Å². The maximum Gasteiger partial charge on any atom is 0.194 e. The molecule has 2 N–H and O–H groups in total. The number of hydrogen-bond donors (Lipinski definition) is 2. The lowest BCUT2D eigenvalue weighted by atomic mass is 10.1. The van der Waals surface area contributed by atoms with Gasteiger partial charge in [0.15, 0.2) is 5.96 Å². The lowest BCUT2D eigenvalue weighted by Gasteiger charge is -2.32. The minimum atomic E-state index is -0.180. The Labute approximate surface area is 131 Å². The van der Waals surface area contributed by atoms with E-state index in [-0.39, 0.29) is 6.10 Å². The molecule has 1 aromatic rings. The van der Waals surface area contributed by atoms with Crippen LogP contribution in [0.3, 0.4) is 0 Å². The average Bonchev–Trinajstić information content (AvgIpc) is 2.99. The van der Waals surface area contributed by atoms with Crippen molar-refractivity contribution in [3.8, 4) is 0 Å². The number of aromatic nitrogens is 3. The molecule has 1 saturated heterocycles. The summed E-state index contributed by atoms with van der Waals surface area (Å²) >= 11 is 0. The molecule has 7 heteroatoms. The van der Waals surface area contributed by atoms with Crippen LogP contribution in [0.4, 0.5) is 0 Å². The average molecular weight is 306 g/mol. The maximum absolute atomic E-state index is 9.62. The Kier molecular flexibility index (Phi) is 6.39. The smallest absolute Gasteiger partial charge is 0.194 e. The summed E-state index contributed by atoms with van der Waals surface area (Å²) in [4.78, 5) is 6.88. The second-order valence-corrected chi connectivity index (χ2v) is 5.39. The zero-order valence-corrected chi connectivity index (χ0v) is 13.3. The first kappa shape index (κ1) is 16.5. The standard InChI is InChI=1S/C15H26N6O/c1-3-7-16-15(20-9-5-13(22)6-10-20)17-8-11-21-12-18-19-14(21)4-2/h3,12-13,22H,1,4-11H2,2H3,(H,16,17). The lowest BCUT2D eigenvalue weighted by molar-refractivity contribution is 0.108. The molecule has 2 heterocycles. The summed E-state index contributed by atoms with van der Waals surface area (Å²) in [6.07, 6.45) is 5.85. The van der Waals surface area contributed by atoms with Crippen molar-refractivity contribution >= 4 is 5.96 Å². The number of likely N-dealkylation sites (tertiary alicyclic amines) is 1. The molecule has 0 aromatic carbocycles. The van der Waals surface area contributed by atoms with Crippen molar-refractivity contribution in [3.63, 3.8) is 0 Å². The molecule has 22 heavy (non-hydrogen) atoms. The van der Waals surface area contributed by atoms with E-state index in [9.17, 15) is 5.11 Å². The van der Waals surface area contributed by atoms with Gasteiger partial charge in [0.25, 0.3) is 0 Å². The van der Waals surface area contributed by atoms with E-state index in [4.69, 9.17) is 0 Å². The third kappa shape index (κ3) is 4.56. The topological polar surface area (TPSA) is 78.6 Å². The van der Waals surface area contributed by atoms with E-state index in [0.29, 0.717) is 13.1 Å². The van der Waals surface area contributed by atoms with E-state index in [1.807, 2.05) is 10.6 Å². The fourth-order valence-electron chi connectivity index (χ4n) is 2.51. The van der Waals surface area contributed by atoms with Crippen molar-refractivity contribution in [3.05, 3.63) is 24.8 Å². The number of aliphatic hydroxyl groups is 1. The molecule has 2 rings (SSSR count). The molecule has 0 unspecified atom stereocenters. The third-order valence-electron chi connectivity index (χ3n) is 3.78. The van der Waals surface area contributed by atoms with Crippen LogP contribution in [0.5, 0.6) is 0 Å². The largest absolute Gasteiger partial charge is 0.393 e. The molecule has 0 spiro atoms. The zero-order chi connectivity index (χ0) is 15.8. The Balaban J connectivity index is 1.94. The minimum Gasteiger partial charge on any atom is -0.393 e. The Morgan fingerprint density at radius 3 is 3.00 bits per heavy atom. The summed E-state index contributed by atoms with van der Waals surface area (Å²) in [6, 6.07) is 0. The number of nitrogens with zero attached hydrogens (tertiary/aromatic N) is 5. The van der Waals surface area contributed by atoms with E-state index < -0.39 is 0 Å². The number of aryl methyl sites for hydroxylation is 1. The number of piperidine rings is 1. The van der Waals surface area contributed by atoms with Gasteiger partial charge in [0.05, 0.1) is 12.6 Å². The monoisotopic (exact) mass is 306 g/mol. The van der Waals surface area contributed by atoms with Gasteiger partial charge in [-0.25, -0.2) is 0 Å². The first-order chi connectivity index (χ1) is 10.7. The summed E-state index contributed by atoms with van der Waals surface area (Å²) in [6.45, 7) is 9.59. The Bertz CT molecular complexity index is 490. The SMILES string of the molecule is C=CCNC(=NCCn1cnnc1CC)N1CCC(O)CC1. The molecule has 0 bridgehead atoms. The quantitative estimate of drug-likeness (QED) is 0.453. The van der Waals surface area contributed by atoms with Crippen LogP contribution in [0.1, 0.15) is 25.6 Å². The summed E-state index contributed by atoms with van der Waals surface area (Å²) in [5.74, 6) is 1.87. The molecule has 0 radical (unpaired) electrons. The van der Waals surface area contributed by atoms with Gasteiger partial charge < -0.3 is 19.9 Å². The van der Waals surface area contributed by atoms with Crippen LogP contribution in [0.2, 0.25) is 0 Å². The number of hydrogen-bond acceptors (Lipinski definition) is 4. The predicted octanol–water partition coefficient (Wildman–Crippen LogP) is 0.429. The van der Waals surface area contributed by atoms with Gasteiger partial charge in [-0.3, -0.25) is 4.99 Å². The van der Waals surface area contributed by atoms with Crippen molar-refractivity contribution in [1.82, 2.24) is 25.0 Å². The van der Waals surface area contributed by atoms with Crippen molar-refractivity contribution in [1.29, 1.82) is 0 Å². The van der Waals surface area contributed by atoms with Crippen molar-refractivity contribution < 1.29 is 5.11 Å². The van der Waals surface area contributed by atoms with Gasteiger partial charge in [-0.1, -0.05) is 13.0 Å². The van der Waals surface area contributed by atoms with Crippen molar-refractivity contribution in [2.45, 2.75) is 38.8 Å². The van der Waals surface area contributed by atoms with E-state index in [1.165, 1.54) is 0 Å². The second kappa shape index (κ2) is 8.53. The summed E-state index contributed by atoms with van der Waals surface area (Å²) < 4.78 is 2.04. The van der Waals surface area contributed by atoms with Gasteiger partial charge >= 0.3 is 0 Å². The zero-order valence-electron chi connectivity index (χ0n) is 13.3. The molecule has 122 valence electrons. The Hall–Kier alpha value is -1.89. The molecule has 1 aliphatic rings. The first-order valence-electron chi connectivity index (χ1n) is 7.93. The van der Waals surface area contributed by atoms with Crippen LogP contribution in [-0.2, 0) is 13.0 Å². The van der Waals surface area contributed by atoms with Gasteiger partial charge in [0, 0.05) is 32.6 Å². The number of guanidine groups is 1. The molecule has 0 atom stereocenters. The molecular weight excluding hydrogens is 280 g/mol. The van der Waals surface area contributed by atoms with E-state index in [0.717, 1.165) is 50.7 Å². The normalized spacial score (nSPS) is 16.8. The molecular formula is C15H26N6O. The molecule has 1 fully saturated rings. The van der Waals surface area contributed by atoms with Crippen molar-refractivity contribution in [2.75, 3.05) is 26.2 Å². The van der Waals surface area contributed by atoms with Crippen LogP contribution in [0.15, 0.2) is 24.0 Å². The van der Waals surface area contributed by atoms with Crippen molar-refractivity contribution in [2.24, 2.45) is 4.99 Å². The van der Waals surface area contributed by atoms with Crippen LogP contribution < -0.4 is 5.32 Å². The number of aliphatic hydroxyl groups excluding tert-OH is 1. The minimum absolute atomic E-state index is 0.180. The summed E-state index contributed by atoms with van der Waals surface area (Å²) in [5, 5.41) is 20.9.